The topological polar surface area (TPSA) is 35.5 Å². The average molecular weight is 194 g/mol. The van der Waals surface area contributed by atoms with Crippen LogP contribution in [0.15, 0.2) is 30.3 Å². The van der Waals surface area contributed by atoms with Crippen LogP contribution in [-0.4, -0.2) is 25.8 Å². The Hall–Kier alpha value is -1.35. The van der Waals surface area contributed by atoms with Crippen molar-refractivity contribution < 1.29 is 14.3 Å². The molecule has 0 spiro atoms. The molecule has 0 saturated carbocycles. The Kier molecular flexibility index (Phi) is 4.13. The van der Waals surface area contributed by atoms with E-state index in [0.717, 1.165) is 0 Å². The quantitative estimate of drug-likeness (QED) is 0.686. The van der Waals surface area contributed by atoms with E-state index in [2.05, 4.69) is 0 Å². The molecular weight excluding hydrogens is 180 g/mol. The van der Waals surface area contributed by atoms with Crippen LogP contribution in [0.4, 0.5) is 0 Å². The largest absolute Gasteiger partial charge is 0.457 e. The van der Waals surface area contributed by atoms with Crippen LogP contribution in [0.5, 0.6) is 0 Å². The number of rotatable bonds is 4. The normalized spacial score (nSPS) is 12.1. The van der Waals surface area contributed by atoms with E-state index >= 15 is 0 Å². The van der Waals surface area contributed by atoms with Crippen molar-refractivity contribution in [3.63, 3.8) is 0 Å². The summed E-state index contributed by atoms with van der Waals surface area (Å²) < 4.78 is 9.98. The lowest BCUT2D eigenvalue weighted by molar-refractivity contribution is 0.0120. The summed E-state index contributed by atoms with van der Waals surface area (Å²) in [6, 6.07) is 8.91. The standard InChI is InChI=1S/C11H14O3/c1-9(8-13-2)14-11(12)10-6-4-3-5-7-10/h3-7,9H,8H2,1-2H3/t9-/m1/s1. The molecule has 0 bridgehead atoms. The van der Waals surface area contributed by atoms with Gasteiger partial charge in [0.05, 0.1) is 12.2 Å². The van der Waals surface area contributed by atoms with Gasteiger partial charge < -0.3 is 9.47 Å². The van der Waals surface area contributed by atoms with Gasteiger partial charge in [-0.25, -0.2) is 4.79 Å². The first-order valence-corrected chi connectivity index (χ1v) is 4.49. The van der Waals surface area contributed by atoms with Gasteiger partial charge in [0.25, 0.3) is 0 Å². The molecule has 0 aliphatic carbocycles. The van der Waals surface area contributed by atoms with E-state index in [1.807, 2.05) is 6.07 Å². The summed E-state index contributed by atoms with van der Waals surface area (Å²) in [5.41, 5.74) is 0.565. The first-order valence-electron chi connectivity index (χ1n) is 4.49. The highest BCUT2D eigenvalue weighted by molar-refractivity contribution is 5.89. The van der Waals surface area contributed by atoms with Gasteiger partial charge in [0, 0.05) is 7.11 Å². The Balaban J connectivity index is 2.51. The molecule has 76 valence electrons. The van der Waals surface area contributed by atoms with Gasteiger partial charge in [-0.2, -0.15) is 0 Å². The van der Waals surface area contributed by atoms with Crippen molar-refractivity contribution in [2.24, 2.45) is 0 Å². The monoisotopic (exact) mass is 194 g/mol. The molecule has 0 aliphatic rings. The Morgan fingerprint density at radius 1 is 1.36 bits per heavy atom. The van der Waals surface area contributed by atoms with Gasteiger partial charge in [-0.15, -0.1) is 0 Å². The molecule has 0 aromatic heterocycles. The fourth-order valence-corrected chi connectivity index (χ4v) is 1.09. The molecule has 1 rings (SSSR count). The maximum absolute atomic E-state index is 11.5. The fraction of sp³-hybridized carbons (Fsp3) is 0.364. The van der Waals surface area contributed by atoms with Crippen molar-refractivity contribution in [3.8, 4) is 0 Å². The molecule has 0 aliphatic heterocycles. The molecule has 1 aromatic carbocycles. The van der Waals surface area contributed by atoms with Crippen LogP contribution in [0.2, 0.25) is 0 Å². The summed E-state index contributed by atoms with van der Waals surface area (Å²) in [6.07, 6.45) is -0.215. The van der Waals surface area contributed by atoms with Gasteiger partial charge in [0.15, 0.2) is 0 Å². The first kappa shape index (κ1) is 10.7. The minimum absolute atomic E-state index is 0.215. The molecule has 14 heavy (non-hydrogen) atoms. The van der Waals surface area contributed by atoms with E-state index in [1.165, 1.54) is 0 Å². The van der Waals surface area contributed by atoms with Gasteiger partial charge in [0.1, 0.15) is 6.10 Å². The lowest BCUT2D eigenvalue weighted by atomic mass is 10.2. The van der Waals surface area contributed by atoms with Crippen molar-refractivity contribution in [3.05, 3.63) is 35.9 Å². The molecule has 0 amide bonds. The predicted molar refractivity (Wildman–Crippen MR) is 53.2 cm³/mol. The second-order valence-electron chi connectivity index (χ2n) is 3.04. The first-order chi connectivity index (χ1) is 6.74. The highest BCUT2D eigenvalue weighted by Crippen LogP contribution is 2.03. The Morgan fingerprint density at radius 2 is 2.00 bits per heavy atom. The van der Waals surface area contributed by atoms with Gasteiger partial charge in [-0.3, -0.25) is 0 Å². The van der Waals surface area contributed by atoms with Crippen LogP contribution in [0.3, 0.4) is 0 Å². The highest BCUT2D eigenvalue weighted by atomic mass is 16.6. The van der Waals surface area contributed by atoms with Crippen LogP contribution >= 0.6 is 0 Å². The van der Waals surface area contributed by atoms with Crippen molar-refractivity contribution in [1.29, 1.82) is 0 Å². The zero-order valence-corrected chi connectivity index (χ0v) is 8.40. The number of methoxy groups -OCH3 is 1. The minimum Gasteiger partial charge on any atom is -0.457 e. The Bertz CT molecular complexity index is 282. The zero-order chi connectivity index (χ0) is 10.4. The van der Waals surface area contributed by atoms with E-state index < -0.39 is 0 Å². The number of hydrogen-bond acceptors (Lipinski definition) is 3. The summed E-state index contributed by atoms with van der Waals surface area (Å²) in [4.78, 5) is 11.5. The van der Waals surface area contributed by atoms with Crippen LogP contribution < -0.4 is 0 Å². The summed E-state index contributed by atoms with van der Waals surface area (Å²) in [5, 5.41) is 0. The third-order valence-electron chi connectivity index (χ3n) is 1.72. The maximum Gasteiger partial charge on any atom is 0.338 e. The maximum atomic E-state index is 11.5. The van der Waals surface area contributed by atoms with Crippen LogP contribution in [0.25, 0.3) is 0 Å². The molecule has 0 saturated heterocycles. The van der Waals surface area contributed by atoms with Crippen molar-refractivity contribution >= 4 is 5.97 Å². The summed E-state index contributed by atoms with van der Waals surface area (Å²) in [6.45, 7) is 2.21. The third-order valence-corrected chi connectivity index (χ3v) is 1.72. The molecule has 3 heteroatoms. The SMILES string of the molecule is COC[C@@H](C)OC(=O)c1ccccc1. The molecule has 0 N–H and O–H groups in total. The van der Waals surface area contributed by atoms with E-state index in [0.29, 0.717) is 12.2 Å². The molecule has 0 unspecified atom stereocenters. The van der Waals surface area contributed by atoms with Crippen molar-refractivity contribution in [2.45, 2.75) is 13.0 Å². The Morgan fingerprint density at radius 3 is 2.57 bits per heavy atom. The molecule has 1 atom stereocenters. The minimum atomic E-state index is -0.310. The summed E-state index contributed by atoms with van der Waals surface area (Å²) >= 11 is 0. The lowest BCUT2D eigenvalue weighted by Gasteiger charge is -2.11. The average Bonchev–Trinajstić information content (AvgIpc) is 2.19. The predicted octanol–water partition coefficient (Wildman–Crippen LogP) is 1.88. The van der Waals surface area contributed by atoms with Gasteiger partial charge in [0.2, 0.25) is 0 Å². The molecule has 1 aromatic rings. The number of hydrogen-bond donors (Lipinski definition) is 0. The number of carbonyl (C=O) groups excluding carboxylic acids is 1. The number of ether oxygens (including phenoxy) is 2. The summed E-state index contributed by atoms with van der Waals surface area (Å²) in [7, 11) is 1.58. The van der Waals surface area contributed by atoms with E-state index in [1.54, 1.807) is 38.3 Å². The molecule has 0 fully saturated rings. The fourth-order valence-electron chi connectivity index (χ4n) is 1.09. The smallest absolute Gasteiger partial charge is 0.338 e. The Labute approximate surface area is 83.6 Å². The summed E-state index contributed by atoms with van der Waals surface area (Å²) in [5.74, 6) is -0.310. The molecule has 0 radical (unpaired) electrons. The third kappa shape index (κ3) is 3.18. The molecule has 0 heterocycles. The molecular formula is C11H14O3. The lowest BCUT2D eigenvalue weighted by Crippen LogP contribution is -2.19. The van der Waals surface area contributed by atoms with Crippen LogP contribution in [-0.2, 0) is 9.47 Å². The number of esters is 1. The van der Waals surface area contributed by atoms with Gasteiger partial charge >= 0.3 is 5.97 Å². The zero-order valence-electron chi connectivity index (χ0n) is 8.40. The second-order valence-corrected chi connectivity index (χ2v) is 3.04. The van der Waals surface area contributed by atoms with Crippen LogP contribution in [0.1, 0.15) is 17.3 Å². The number of benzene rings is 1. The van der Waals surface area contributed by atoms with E-state index in [4.69, 9.17) is 9.47 Å². The van der Waals surface area contributed by atoms with E-state index in [9.17, 15) is 4.79 Å². The van der Waals surface area contributed by atoms with Crippen molar-refractivity contribution in [2.75, 3.05) is 13.7 Å². The second kappa shape index (κ2) is 5.40. The highest BCUT2D eigenvalue weighted by Gasteiger charge is 2.10. The number of carbonyl (C=O) groups is 1. The molecule has 3 nitrogen and oxygen atoms in total. The van der Waals surface area contributed by atoms with Gasteiger partial charge in [-0.1, -0.05) is 18.2 Å². The van der Waals surface area contributed by atoms with Gasteiger partial charge in [-0.05, 0) is 19.1 Å². The van der Waals surface area contributed by atoms with Crippen molar-refractivity contribution in [1.82, 2.24) is 0 Å². The van der Waals surface area contributed by atoms with E-state index in [-0.39, 0.29) is 12.1 Å². The van der Waals surface area contributed by atoms with Crippen LogP contribution in [0, 0.1) is 0 Å².